The molecule has 0 aliphatic carbocycles. The largest absolute Gasteiger partial charge is 0.434 e. The predicted molar refractivity (Wildman–Crippen MR) is 92.3 cm³/mol. The van der Waals surface area contributed by atoms with Crippen LogP contribution < -0.4 is 5.32 Å². The maximum Gasteiger partial charge on any atom is 0.434 e. The van der Waals surface area contributed by atoms with Crippen molar-refractivity contribution < 1.29 is 36.2 Å². The van der Waals surface area contributed by atoms with Gasteiger partial charge in [0.25, 0.3) is 0 Å². The smallest absolute Gasteiger partial charge is 0.328 e. The number of halogens is 9. The number of benzene rings is 1. The van der Waals surface area contributed by atoms with Crippen molar-refractivity contribution in [2.24, 2.45) is 0 Å². The Kier molecular flexibility index (Phi) is 6.26. The summed E-state index contributed by atoms with van der Waals surface area (Å²) < 4.78 is 78.1. The lowest BCUT2D eigenvalue weighted by molar-refractivity contribution is -0.392. The molecule has 0 bridgehead atoms. The Morgan fingerprint density at radius 3 is 1.90 bits per heavy atom. The number of aromatic nitrogens is 1. The molecular formula is C13H3Cl3F6N4O4. The maximum absolute atomic E-state index is 13.1. The number of nitrogens with one attached hydrogen (secondary N) is 1. The first-order valence-electron chi connectivity index (χ1n) is 6.98. The second kappa shape index (κ2) is 7.92. The minimum atomic E-state index is -5.31. The van der Waals surface area contributed by atoms with E-state index in [0.29, 0.717) is 6.07 Å². The van der Waals surface area contributed by atoms with Crippen LogP contribution in [0.1, 0.15) is 11.3 Å². The summed E-state index contributed by atoms with van der Waals surface area (Å²) in [4.78, 5) is 22.6. The average Bonchev–Trinajstić information content (AvgIpc) is 2.54. The molecule has 30 heavy (non-hydrogen) atoms. The van der Waals surface area contributed by atoms with E-state index in [1.165, 1.54) is 0 Å². The molecule has 0 saturated heterocycles. The highest BCUT2D eigenvalue weighted by molar-refractivity contribution is 6.37. The van der Waals surface area contributed by atoms with Crippen LogP contribution in [0.4, 0.5) is 49.2 Å². The molecule has 0 radical (unpaired) electrons. The van der Waals surface area contributed by atoms with Gasteiger partial charge in [0.1, 0.15) is 10.8 Å². The SMILES string of the molecule is O=[N+]([O-])c1cc(C(F)(F)F)c(Cl)c([N+](=O)[O-])c1Nc1nc(C(F)(F)F)c(Cl)cc1Cl. The molecule has 2 rings (SSSR count). The third-order valence-electron chi connectivity index (χ3n) is 3.34. The summed E-state index contributed by atoms with van der Waals surface area (Å²) >= 11 is 16.5. The first-order valence-corrected chi connectivity index (χ1v) is 8.11. The van der Waals surface area contributed by atoms with E-state index in [4.69, 9.17) is 34.8 Å². The highest BCUT2D eigenvalue weighted by Gasteiger charge is 2.43. The Balaban J connectivity index is 2.84. The summed E-state index contributed by atoms with van der Waals surface area (Å²) in [7, 11) is 0. The number of anilines is 2. The zero-order valence-electron chi connectivity index (χ0n) is 13.5. The summed E-state index contributed by atoms with van der Waals surface area (Å²) in [6.07, 6.45) is -10.4. The van der Waals surface area contributed by atoms with Crippen molar-refractivity contribution in [3.05, 3.63) is 58.7 Å². The number of nitrogens with zero attached hydrogens (tertiary/aromatic N) is 3. The van der Waals surface area contributed by atoms with Gasteiger partial charge in [-0.25, -0.2) is 4.98 Å². The molecule has 1 aromatic heterocycles. The van der Waals surface area contributed by atoms with Crippen LogP contribution in [0, 0.1) is 20.2 Å². The van der Waals surface area contributed by atoms with Crippen LogP contribution >= 0.6 is 34.8 Å². The third-order valence-corrected chi connectivity index (χ3v) is 4.30. The molecule has 17 heteroatoms. The lowest BCUT2D eigenvalue weighted by atomic mass is 10.1. The molecule has 0 unspecified atom stereocenters. The molecule has 1 aromatic carbocycles. The van der Waals surface area contributed by atoms with E-state index in [-0.39, 0.29) is 6.07 Å². The minimum absolute atomic E-state index is 0.119. The highest BCUT2D eigenvalue weighted by Crippen LogP contribution is 2.49. The fourth-order valence-electron chi connectivity index (χ4n) is 2.15. The fraction of sp³-hybridized carbons (Fsp3) is 0.154. The van der Waals surface area contributed by atoms with Gasteiger partial charge in [0, 0.05) is 6.07 Å². The zero-order chi connectivity index (χ0) is 23.2. The molecule has 0 saturated carbocycles. The number of nitro benzene ring substituents is 2. The van der Waals surface area contributed by atoms with Crippen LogP contribution in [0.5, 0.6) is 0 Å². The molecule has 0 amide bonds. The van der Waals surface area contributed by atoms with Crippen LogP contribution in [-0.2, 0) is 12.4 Å². The van der Waals surface area contributed by atoms with E-state index in [0.717, 1.165) is 0 Å². The Morgan fingerprint density at radius 2 is 1.47 bits per heavy atom. The van der Waals surface area contributed by atoms with E-state index in [9.17, 15) is 46.6 Å². The monoisotopic (exact) mass is 498 g/mol. The molecule has 1 N–H and O–H groups in total. The molecule has 0 aliphatic heterocycles. The van der Waals surface area contributed by atoms with Crippen LogP contribution in [-0.4, -0.2) is 14.8 Å². The number of nitro groups is 2. The quantitative estimate of drug-likeness (QED) is 0.287. The van der Waals surface area contributed by atoms with Crippen molar-refractivity contribution in [2.75, 3.05) is 5.32 Å². The van der Waals surface area contributed by atoms with Crippen molar-refractivity contribution in [1.82, 2.24) is 4.98 Å². The molecule has 0 aliphatic rings. The van der Waals surface area contributed by atoms with Gasteiger partial charge in [0.05, 0.1) is 25.5 Å². The standard InChI is InChI=1S/C13H3Cl3F6N4O4/c14-4-2-5(15)11(24-10(4)13(20,21)22)23-8-6(25(27)28)1-3(12(17,18)19)7(16)9(8)26(29)30/h1-2H,(H,23,24). The molecule has 1 heterocycles. The van der Waals surface area contributed by atoms with Gasteiger partial charge in [-0.3, -0.25) is 20.2 Å². The van der Waals surface area contributed by atoms with Crippen molar-refractivity contribution in [2.45, 2.75) is 12.4 Å². The fourth-order valence-corrected chi connectivity index (χ4v) is 2.99. The Hall–Kier alpha value is -2.58. The summed E-state index contributed by atoms with van der Waals surface area (Å²) in [5, 5.41) is 21.1. The molecular weight excluding hydrogens is 497 g/mol. The molecule has 0 spiro atoms. The molecule has 2 aromatic rings. The van der Waals surface area contributed by atoms with Gasteiger partial charge in [0.2, 0.25) is 0 Å². The van der Waals surface area contributed by atoms with E-state index in [2.05, 4.69) is 4.98 Å². The van der Waals surface area contributed by atoms with E-state index >= 15 is 0 Å². The van der Waals surface area contributed by atoms with Gasteiger partial charge < -0.3 is 5.32 Å². The van der Waals surface area contributed by atoms with Crippen molar-refractivity contribution in [1.29, 1.82) is 0 Å². The second-order valence-electron chi connectivity index (χ2n) is 5.26. The first kappa shape index (κ1) is 23.7. The van der Waals surface area contributed by atoms with Crippen molar-refractivity contribution in [3.8, 4) is 0 Å². The number of hydrogen-bond acceptors (Lipinski definition) is 6. The number of alkyl halides is 6. The van der Waals surface area contributed by atoms with E-state index in [1.807, 2.05) is 0 Å². The average molecular weight is 500 g/mol. The highest BCUT2D eigenvalue weighted by atomic mass is 35.5. The van der Waals surface area contributed by atoms with Gasteiger partial charge in [-0.2, -0.15) is 26.3 Å². The lowest BCUT2D eigenvalue weighted by Crippen LogP contribution is -2.13. The zero-order valence-corrected chi connectivity index (χ0v) is 15.8. The lowest BCUT2D eigenvalue weighted by Gasteiger charge is -2.15. The van der Waals surface area contributed by atoms with Gasteiger partial charge in [-0.1, -0.05) is 34.8 Å². The first-order chi connectivity index (χ1) is 13.6. The second-order valence-corrected chi connectivity index (χ2v) is 6.46. The predicted octanol–water partition coefficient (Wildman–Crippen LogP) is 6.64. The topological polar surface area (TPSA) is 111 Å². The number of hydrogen-bond donors (Lipinski definition) is 1. The van der Waals surface area contributed by atoms with Gasteiger partial charge in [-0.05, 0) is 6.07 Å². The number of pyridine rings is 1. The van der Waals surface area contributed by atoms with Gasteiger partial charge >= 0.3 is 23.7 Å². The van der Waals surface area contributed by atoms with E-state index in [1.54, 1.807) is 5.32 Å². The summed E-state index contributed by atoms with van der Waals surface area (Å²) in [5.41, 5.74) is -8.02. The number of rotatable bonds is 4. The van der Waals surface area contributed by atoms with Crippen LogP contribution in [0.2, 0.25) is 15.1 Å². The summed E-state index contributed by atoms with van der Waals surface area (Å²) in [6.45, 7) is 0. The molecule has 162 valence electrons. The van der Waals surface area contributed by atoms with Crippen LogP contribution in [0.25, 0.3) is 0 Å². The van der Waals surface area contributed by atoms with Crippen LogP contribution in [0.3, 0.4) is 0 Å². The summed E-state index contributed by atoms with van der Waals surface area (Å²) in [6, 6.07) is 0.413. The maximum atomic E-state index is 13.1. The molecule has 0 fully saturated rings. The Labute approximate surface area is 175 Å². The molecule has 0 atom stereocenters. The normalized spacial score (nSPS) is 12.0. The Bertz CT molecular complexity index is 1060. The third kappa shape index (κ3) is 4.60. The Morgan fingerprint density at radius 1 is 0.900 bits per heavy atom. The minimum Gasteiger partial charge on any atom is -0.328 e. The molecule has 8 nitrogen and oxygen atoms in total. The van der Waals surface area contributed by atoms with E-state index < -0.39 is 71.4 Å². The van der Waals surface area contributed by atoms with Gasteiger partial charge in [0.15, 0.2) is 11.4 Å². The van der Waals surface area contributed by atoms with Crippen molar-refractivity contribution in [3.63, 3.8) is 0 Å². The van der Waals surface area contributed by atoms with Crippen molar-refractivity contribution >= 4 is 57.7 Å². The summed E-state index contributed by atoms with van der Waals surface area (Å²) in [5.74, 6) is -1.00. The van der Waals surface area contributed by atoms with Gasteiger partial charge in [-0.15, -0.1) is 0 Å². The van der Waals surface area contributed by atoms with Crippen LogP contribution in [0.15, 0.2) is 12.1 Å².